The van der Waals surface area contributed by atoms with Crippen LogP contribution in [0.2, 0.25) is 0 Å². The molecule has 0 nitrogen and oxygen atoms in total. The Hall–Kier alpha value is 1.50. The van der Waals surface area contributed by atoms with Crippen LogP contribution in [0.1, 0.15) is 208 Å². The van der Waals surface area contributed by atoms with Crippen molar-refractivity contribution >= 4 is 49.2 Å². The monoisotopic (exact) mass is 720 g/mol. The molecule has 0 amide bonds. The van der Waals surface area contributed by atoms with E-state index in [-0.39, 0.29) is 23.9 Å². The summed E-state index contributed by atoms with van der Waals surface area (Å²) in [6.07, 6.45) is 37.0. The molecule has 0 fully saturated rings. The fourth-order valence-corrected chi connectivity index (χ4v) is 4.65. The maximum atomic E-state index is 4.93. The first-order valence-corrected chi connectivity index (χ1v) is 19.3. The van der Waals surface area contributed by atoms with Crippen molar-refractivity contribution in [3.8, 4) is 0 Å². The van der Waals surface area contributed by atoms with Crippen molar-refractivity contribution in [1.29, 1.82) is 0 Å². The van der Waals surface area contributed by atoms with E-state index in [4.69, 9.17) is 25.3 Å². The zero-order chi connectivity index (χ0) is 31.0. The summed E-state index contributed by atoms with van der Waals surface area (Å²) in [4.78, 5) is 0. The second kappa shape index (κ2) is 54.0. The van der Waals surface area contributed by atoms with Gasteiger partial charge >= 0.3 is 23.9 Å². The molecule has 0 aliphatic heterocycles. The molecule has 41 heavy (non-hydrogen) atoms. The van der Waals surface area contributed by atoms with E-state index in [1.54, 1.807) is 0 Å². The van der Waals surface area contributed by atoms with Crippen LogP contribution in [0.15, 0.2) is 0 Å². The van der Waals surface area contributed by atoms with Crippen molar-refractivity contribution in [2.45, 2.75) is 208 Å². The Labute approximate surface area is 293 Å². The Morgan fingerprint density at radius 1 is 0.341 bits per heavy atom. The molecule has 248 valence electrons. The fourth-order valence-electron chi connectivity index (χ4n) is 4.24. The van der Waals surface area contributed by atoms with Crippen molar-refractivity contribution in [2.24, 2.45) is 11.8 Å². The predicted octanol–water partition coefficient (Wildman–Crippen LogP) is 13.8. The van der Waals surface area contributed by atoms with Crippen LogP contribution >= 0.6 is 0 Å². The first-order chi connectivity index (χ1) is 19.3. The summed E-state index contributed by atoms with van der Waals surface area (Å²) in [5.41, 5.74) is 0. The van der Waals surface area contributed by atoms with Crippen LogP contribution in [-0.4, -0.2) is 35.4 Å². The molecule has 0 atom stereocenters. The van der Waals surface area contributed by atoms with Gasteiger partial charge < -0.3 is 25.3 Å². The third-order valence-electron chi connectivity index (χ3n) is 6.50. The molecule has 0 aromatic rings. The molecule has 0 aliphatic rings. The summed E-state index contributed by atoms with van der Waals surface area (Å²) in [5, 5.41) is 0. The Morgan fingerprint density at radius 3 is 0.585 bits per heavy atom. The van der Waals surface area contributed by atoms with Crippen molar-refractivity contribution in [1.82, 2.24) is 0 Å². The molecular formula is C38H80S2Sn. The maximum Gasteiger partial charge on any atom is 2.00 e. The fraction of sp³-hybridized carbons (Fsp3) is 0.947. The predicted molar refractivity (Wildman–Crippen MR) is 202 cm³/mol. The SMILES string of the molecule is CCCCCCCCCCCCCCC[S-].CCCCCCCCCCCCCCC[S-].[CH2]C(C)C.[CH2]C(C)C.[Sn+2]. The van der Waals surface area contributed by atoms with Gasteiger partial charge in [0.25, 0.3) is 0 Å². The van der Waals surface area contributed by atoms with Crippen LogP contribution < -0.4 is 0 Å². The van der Waals surface area contributed by atoms with Gasteiger partial charge in [0, 0.05) is 0 Å². The number of rotatable bonds is 26. The molecule has 0 aliphatic carbocycles. The second-order valence-corrected chi connectivity index (χ2v) is 13.5. The van der Waals surface area contributed by atoms with Gasteiger partial charge in [-0.05, 0) is 11.8 Å². The first kappa shape index (κ1) is 52.0. The smallest absolute Gasteiger partial charge is 0.793 e. The van der Waals surface area contributed by atoms with Crippen LogP contribution in [0.5, 0.6) is 0 Å². The normalized spacial score (nSPS) is 10.2. The minimum atomic E-state index is 0. The molecule has 4 radical (unpaired) electrons. The van der Waals surface area contributed by atoms with Gasteiger partial charge in [-0.25, -0.2) is 0 Å². The van der Waals surface area contributed by atoms with Gasteiger partial charge in [0.2, 0.25) is 0 Å². The van der Waals surface area contributed by atoms with Gasteiger partial charge in [0.15, 0.2) is 0 Å². The molecule has 0 aromatic carbocycles. The Balaban J connectivity index is -0.000000163. The largest absolute Gasteiger partial charge is 2.00 e. The molecule has 0 unspecified atom stereocenters. The molecule has 0 spiro atoms. The Kier molecular flexibility index (Phi) is 68.6. The standard InChI is InChI=1S/2C15H32S.2C4H9.Sn/c2*1-2-3-4-5-6-7-8-9-10-11-12-13-14-15-16;2*1-4(2)3;/h2*16H,2-15H2,1H3;2*4H,1H2,2-3H3;/q;;;;+2/p-2. The van der Waals surface area contributed by atoms with Crippen LogP contribution in [0, 0.1) is 25.7 Å². The zero-order valence-corrected chi connectivity index (χ0v) is 34.2. The van der Waals surface area contributed by atoms with Gasteiger partial charge in [-0.1, -0.05) is 222 Å². The summed E-state index contributed by atoms with van der Waals surface area (Å²) < 4.78 is 0. The Bertz CT molecular complexity index is 293. The molecule has 0 aromatic heterocycles. The molecule has 0 rings (SSSR count). The van der Waals surface area contributed by atoms with Crippen LogP contribution in [0.4, 0.5) is 0 Å². The molecule has 0 saturated carbocycles. The summed E-state index contributed by atoms with van der Waals surface area (Å²) in [7, 11) is 0. The third kappa shape index (κ3) is 85.6. The van der Waals surface area contributed by atoms with E-state index in [1.807, 2.05) is 0 Å². The van der Waals surface area contributed by atoms with Crippen LogP contribution in [0.3, 0.4) is 0 Å². The average molecular weight is 720 g/mol. The van der Waals surface area contributed by atoms with E-state index >= 15 is 0 Å². The summed E-state index contributed by atoms with van der Waals surface area (Å²) in [5.74, 6) is 3.08. The quantitative estimate of drug-likeness (QED) is 0.0496. The van der Waals surface area contributed by atoms with E-state index < -0.39 is 0 Å². The van der Waals surface area contributed by atoms with Gasteiger partial charge in [0.1, 0.15) is 0 Å². The number of hydrogen-bond acceptors (Lipinski definition) is 2. The Morgan fingerprint density at radius 2 is 0.463 bits per heavy atom. The van der Waals surface area contributed by atoms with E-state index in [9.17, 15) is 0 Å². The number of hydrogen-bond donors (Lipinski definition) is 0. The molecule has 0 heterocycles. The van der Waals surface area contributed by atoms with Crippen molar-refractivity contribution < 1.29 is 0 Å². The molecular weight excluding hydrogens is 639 g/mol. The summed E-state index contributed by atoms with van der Waals surface area (Å²) in [6.45, 7) is 20.1. The minimum absolute atomic E-state index is 0. The van der Waals surface area contributed by atoms with Gasteiger partial charge in [-0.3, -0.25) is 0 Å². The van der Waals surface area contributed by atoms with E-state index in [0.717, 1.165) is 11.5 Å². The van der Waals surface area contributed by atoms with Gasteiger partial charge in [0.05, 0.1) is 0 Å². The molecule has 0 saturated heterocycles. The van der Waals surface area contributed by atoms with Crippen molar-refractivity contribution in [3.63, 3.8) is 0 Å². The topological polar surface area (TPSA) is 0 Å². The van der Waals surface area contributed by atoms with Crippen LogP contribution in [-0.2, 0) is 25.3 Å². The van der Waals surface area contributed by atoms with E-state index in [1.165, 1.54) is 167 Å². The van der Waals surface area contributed by atoms with E-state index in [0.29, 0.717) is 11.8 Å². The van der Waals surface area contributed by atoms with Gasteiger partial charge in [-0.15, -0.1) is 0 Å². The van der Waals surface area contributed by atoms with Crippen LogP contribution in [0.25, 0.3) is 0 Å². The zero-order valence-electron chi connectivity index (χ0n) is 29.7. The molecule has 3 heteroatoms. The third-order valence-corrected chi connectivity index (χ3v) is 7.07. The average Bonchev–Trinajstić information content (AvgIpc) is 2.90. The van der Waals surface area contributed by atoms with Gasteiger partial charge in [-0.2, -0.15) is 11.5 Å². The molecule has 0 bridgehead atoms. The second-order valence-electron chi connectivity index (χ2n) is 12.7. The number of unbranched alkanes of at least 4 members (excludes halogenated alkanes) is 24. The maximum absolute atomic E-state index is 4.93. The first-order valence-electron chi connectivity index (χ1n) is 18.1. The van der Waals surface area contributed by atoms with E-state index in [2.05, 4.69) is 55.4 Å². The molecule has 0 N–H and O–H groups in total. The minimum Gasteiger partial charge on any atom is -0.793 e. The van der Waals surface area contributed by atoms with Crippen molar-refractivity contribution in [3.05, 3.63) is 13.8 Å². The summed E-state index contributed by atoms with van der Waals surface area (Å²) >= 11 is 9.86. The van der Waals surface area contributed by atoms with Crippen molar-refractivity contribution in [2.75, 3.05) is 11.5 Å². The summed E-state index contributed by atoms with van der Waals surface area (Å²) in [6, 6.07) is 0.